The Hall–Kier alpha value is -0.700. The van der Waals surface area contributed by atoms with Gasteiger partial charge in [-0.25, -0.2) is 13.1 Å². The van der Waals surface area contributed by atoms with Crippen LogP contribution in [-0.4, -0.2) is 33.2 Å². The molecule has 6 nitrogen and oxygen atoms in total. The summed E-state index contributed by atoms with van der Waals surface area (Å²) in [6, 6.07) is 0. The Bertz CT molecular complexity index is 503. The van der Waals surface area contributed by atoms with E-state index in [1.807, 2.05) is 6.92 Å². The number of aromatic amines is 1. The molecule has 17 heavy (non-hydrogen) atoms. The normalized spacial score (nSPS) is 11.9. The van der Waals surface area contributed by atoms with E-state index in [4.69, 9.17) is 4.74 Å². The fraction of sp³-hybridized carbons (Fsp3) is 0.667. The topological polar surface area (TPSA) is 88.3 Å². The van der Waals surface area contributed by atoms with Gasteiger partial charge in [-0.15, -0.1) is 0 Å². The van der Waals surface area contributed by atoms with Crippen LogP contribution in [0.15, 0.2) is 9.00 Å². The fourth-order valence-electron chi connectivity index (χ4n) is 1.24. The summed E-state index contributed by atoms with van der Waals surface area (Å²) in [5.74, 6) is 0. The molecule has 0 aliphatic heterocycles. The minimum Gasteiger partial charge on any atom is -0.382 e. The van der Waals surface area contributed by atoms with Gasteiger partial charge in [-0.2, -0.15) is 0 Å². The van der Waals surface area contributed by atoms with Crippen molar-refractivity contribution in [1.82, 2.24) is 9.71 Å². The minimum atomic E-state index is -3.58. The molecule has 0 aliphatic carbocycles. The standard InChI is InChI=1S/C9H16N2O4S2/c1-3-15-6-4-5-10-17(13,14)8-7(2)11-9(12)16-8/h10H,3-6H2,1-2H3,(H,11,12). The van der Waals surface area contributed by atoms with Gasteiger partial charge in [0.05, 0.1) is 0 Å². The Morgan fingerprint density at radius 1 is 1.47 bits per heavy atom. The van der Waals surface area contributed by atoms with E-state index in [0.717, 1.165) is 0 Å². The van der Waals surface area contributed by atoms with Crippen LogP contribution < -0.4 is 9.60 Å². The Kier molecular flexibility index (Phi) is 5.31. The van der Waals surface area contributed by atoms with Gasteiger partial charge in [0, 0.05) is 25.5 Å². The third-order valence-corrected chi connectivity index (χ3v) is 5.05. The van der Waals surface area contributed by atoms with Crippen LogP contribution in [0.25, 0.3) is 0 Å². The molecule has 0 saturated carbocycles. The second-order valence-electron chi connectivity index (χ2n) is 3.38. The quantitative estimate of drug-likeness (QED) is 0.710. The van der Waals surface area contributed by atoms with E-state index in [1.165, 1.54) is 0 Å². The number of thiazole rings is 1. The summed E-state index contributed by atoms with van der Waals surface area (Å²) in [6.07, 6.45) is 0.603. The van der Waals surface area contributed by atoms with E-state index in [1.54, 1.807) is 6.92 Å². The summed E-state index contributed by atoms with van der Waals surface area (Å²) in [7, 11) is -3.58. The lowest BCUT2D eigenvalue weighted by Gasteiger charge is -2.05. The lowest BCUT2D eigenvalue weighted by atomic mass is 10.5. The average Bonchev–Trinajstić information content (AvgIpc) is 2.58. The van der Waals surface area contributed by atoms with Crippen molar-refractivity contribution >= 4 is 21.4 Å². The number of H-pyrrole nitrogens is 1. The molecule has 0 radical (unpaired) electrons. The molecule has 0 unspecified atom stereocenters. The molecule has 0 fully saturated rings. The number of aryl methyl sites for hydroxylation is 1. The molecule has 0 atom stereocenters. The summed E-state index contributed by atoms with van der Waals surface area (Å²) < 4.78 is 31.2. The number of hydrogen-bond donors (Lipinski definition) is 2. The number of hydrogen-bond acceptors (Lipinski definition) is 5. The lowest BCUT2D eigenvalue weighted by Crippen LogP contribution is -2.25. The smallest absolute Gasteiger partial charge is 0.305 e. The molecular weight excluding hydrogens is 264 g/mol. The van der Waals surface area contributed by atoms with Gasteiger partial charge < -0.3 is 9.72 Å². The molecule has 8 heteroatoms. The largest absolute Gasteiger partial charge is 0.382 e. The molecule has 98 valence electrons. The molecular formula is C9H16N2O4S2. The van der Waals surface area contributed by atoms with Crippen LogP contribution in [0, 0.1) is 6.92 Å². The van der Waals surface area contributed by atoms with Crippen molar-refractivity contribution in [3.63, 3.8) is 0 Å². The van der Waals surface area contributed by atoms with Crippen LogP contribution >= 0.6 is 11.3 Å². The Labute approximate surface area is 104 Å². The first-order valence-corrected chi connectivity index (χ1v) is 7.54. The van der Waals surface area contributed by atoms with Crippen LogP contribution in [0.2, 0.25) is 0 Å². The highest BCUT2D eigenvalue weighted by atomic mass is 32.2. The highest BCUT2D eigenvalue weighted by molar-refractivity contribution is 7.91. The minimum absolute atomic E-state index is 0.0545. The molecule has 0 spiro atoms. The third-order valence-electron chi connectivity index (χ3n) is 1.99. The molecule has 0 aromatic carbocycles. The Balaban J connectivity index is 2.57. The van der Waals surface area contributed by atoms with Gasteiger partial charge in [-0.1, -0.05) is 11.3 Å². The monoisotopic (exact) mass is 280 g/mol. The van der Waals surface area contributed by atoms with Crippen LogP contribution in [0.4, 0.5) is 0 Å². The first-order valence-electron chi connectivity index (χ1n) is 5.24. The molecule has 0 saturated heterocycles. The zero-order valence-electron chi connectivity index (χ0n) is 9.78. The third kappa shape index (κ3) is 4.23. The summed E-state index contributed by atoms with van der Waals surface area (Å²) in [5, 5.41) is 0. The molecule has 0 amide bonds. The second kappa shape index (κ2) is 6.29. The highest BCUT2D eigenvalue weighted by Gasteiger charge is 2.19. The highest BCUT2D eigenvalue weighted by Crippen LogP contribution is 2.14. The van der Waals surface area contributed by atoms with Gasteiger partial charge in [0.15, 0.2) is 4.21 Å². The maximum Gasteiger partial charge on any atom is 0.305 e. The van der Waals surface area contributed by atoms with Crippen LogP contribution in [0.3, 0.4) is 0 Å². The van der Waals surface area contributed by atoms with E-state index in [2.05, 4.69) is 9.71 Å². The molecule has 1 rings (SSSR count). The SMILES string of the molecule is CCOCCCNS(=O)(=O)c1sc(=O)[nH]c1C. The van der Waals surface area contributed by atoms with Crippen LogP contribution in [-0.2, 0) is 14.8 Å². The summed E-state index contributed by atoms with van der Waals surface area (Å²) in [5.41, 5.74) is 0.373. The molecule has 1 heterocycles. The van der Waals surface area contributed by atoms with Crippen molar-refractivity contribution in [2.24, 2.45) is 0 Å². The molecule has 1 aromatic heterocycles. The average molecular weight is 280 g/mol. The van der Waals surface area contributed by atoms with Crippen molar-refractivity contribution in [3.8, 4) is 0 Å². The molecule has 0 bridgehead atoms. The van der Waals surface area contributed by atoms with Gasteiger partial charge in [0.1, 0.15) is 0 Å². The molecule has 2 N–H and O–H groups in total. The molecule has 0 aliphatic rings. The van der Waals surface area contributed by atoms with E-state index in [0.29, 0.717) is 43.2 Å². The molecule has 1 aromatic rings. The Morgan fingerprint density at radius 3 is 2.71 bits per heavy atom. The number of aromatic nitrogens is 1. The van der Waals surface area contributed by atoms with E-state index in [9.17, 15) is 13.2 Å². The van der Waals surface area contributed by atoms with Crippen LogP contribution in [0.1, 0.15) is 19.0 Å². The van der Waals surface area contributed by atoms with E-state index < -0.39 is 10.0 Å². The first kappa shape index (κ1) is 14.4. The zero-order valence-corrected chi connectivity index (χ0v) is 11.4. The van der Waals surface area contributed by atoms with Gasteiger partial charge in [-0.05, 0) is 20.3 Å². The van der Waals surface area contributed by atoms with Crippen molar-refractivity contribution in [2.75, 3.05) is 19.8 Å². The summed E-state index contributed by atoms with van der Waals surface area (Å²) >= 11 is 0.697. The van der Waals surface area contributed by atoms with Gasteiger partial charge >= 0.3 is 4.87 Å². The first-order chi connectivity index (χ1) is 7.97. The maximum atomic E-state index is 11.8. The number of ether oxygens (including phenoxy) is 1. The van der Waals surface area contributed by atoms with Crippen molar-refractivity contribution in [2.45, 2.75) is 24.5 Å². The number of nitrogens with one attached hydrogen (secondary N) is 2. The van der Waals surface area contributed by atoms with Crippen molar-refractivity contribution < 1.29 is 13.2 Å². The van der Waals surface area contributed by atoms with Gasteiger partial charge in [-0.3, -0.25) is 4.79 Å². The zero-order chi connectivity index (χ0) is 12.9. The van der Waals surface area contributed by atoms with Crippen LogP contribution in [0.5, 0.6) is 0 Å². The van der Waals surface area contributed by atoms with Crippen molar-refractivity contribution in [1.29, 1.82) is 0 Å². The van der Waals surface area contributed by atoms with Crippen molar-refractivity contribution in [3.05, 3.63) is 15.4 Å². The Morgan fingerprint density at radius 2 is 2.18 bits per heavy atom. The van der Waals surface area contributed by atoms with E-state index >= 15 is 0 Å². The second-order valence-corrected chi connectivity index (χ2v) is 6.32. The maximum absolute atomic E-state index is 11.8. The summed E-state index contributed by atoms with van der Waals surface area (Å²) in [4.78, 5) is 13.1. The van der Waals surface area contributed by atoms with E-state index in [-0.39, 0.29) is 9.08 Å². The predicted molar refractivity (Wildman–Crippen MR) is 66.0 cm³/mol. The van der Waals surface area contributed by atoms with Gasteiger partial charge in [0.25, 0.3) is 10.0 Å². The predicted octanol–water partition coefficient (Wildman–Crippen LogP) is 0.450. The lowest BCUT2D eigenvalue weighted by molar-refractivity contribution is 0.146. The fourth-order valence-corrected chi connectivity index (χ4v) is 3.66. The summed E-state index contributed by atoms with van der Waals surface area (Å²) in [6.45, 7) is 4.87. The number of rotatable bonds is 7. The number of sulfonamides is 1. The van der Waals surface area contributed by atoms with Gasteiger partial charge in [0.2, 0.25) is 0 Å².